The molecule has 2 aromatic rings. The van der Waals surface area contributed by atoms with Crippen molar-refractivity contribution in [2.75, 3.05) is 11.9 Å². The van der Waals surface area contributed by atoms with E-state index in [1.165, 1.54) is 4.88 Å². The maximum Gasteiger partial charge on any atom is 0.128 e. The Morgan fingerprint density at radius 3 is 2.76 bits per heavy atom. The lowest BCUT2D eigenvalue weighted by atomic mass is 10.2. The third-order valence-electron chi connectivity index (χ3n) is 2.89. The minimum Gasteiger partial charge on any atom is -0.392 e. The third kappa shape index (κ3) is 2.65. The Balaban J connectivity index is 2.16. The number of aromatic nitrogens is 1. The number of hydrogen-bond acceptors (Lipinski definition) is 4. The van der Waals surface area contributed by atoms with Crippen molar-refractivity contribution in [3.05, 3.63) is 46.3 Å². The van der Waals surface area contributed by atoms with E-state index >= 15 is 0 Å². The summed E-state index contributed by atoms with van der Waals surface area (Å²) in [6.07, 6.45) is 1.72. The van der Waals surface area contributed by atoms with Crippen LogP contribution in [0.2, 0.25) is 0 Å². The van der Waals surface area contributed by atoms with Crippen molar-refractivity contribution in [1.82, 2.24) is 4.98 Å². The van der Waals surface area contributed by atoms with Crippen LogP contribution in [0, 0.1) is 0 Å². The van der Waals surface area contributed by atoms with Crippen LogP contribution in [0.4, 0.5) is 5.82 Å². The zero-order chi connectivity index (χ0) is 12.3. The molecule has 3 nitrogen and oxygen atoms in total. The summed E-state index contributed by atoms with van der Waals surface area (Å²) < 4.78 is 0. The van der Waals surface area contributed by atoms with Crippen molar-refractivity contribution in [2.24, 2.45) is 0 Å². The summed E-state index contributed by atoms with van der Waals surface area (Å²) in [5, 5.41) is 11.1. The largest absolute Gasteiger partial charge is 0.392 e. The van der Waals surface area contributed by atoms with E-state index in [1.807, 2.05) is 19.2 Å². The molecule has 0 fully saturated rings. The molecule has 90 valence electrons. The Morgan fingerprint density at radius 2 is 2.24 bits per heavy atom. The second kappa shape index (κ2) is 5.29. The molecule has 4 heteroatoms. The quantitative estimate of drug-likeness (QED) is 0.904. The Kier molecular flexibility index (Phi) is 3.76. The first kappa shape index (κ1) is 12.1. The van der Waals surface area contributed by atoms with Gasteiger partial charge >= 0.3 is 0 Å². The van der Waals surface area contributed by atoms with Crippen LogP contribution in [0.3, 0.4) is 0 Å². The van der Waals surface area contributed by atoms with Gasteiger partial charge in [0.1, 0.15) is 5.82 Å². The van der Waals surface area contributed by atoms with Gasteiger partial charge in [-0.15, -0.1) is 11.3 Å². The van der Waals surface area contributed by atoms with Crippen LogP contribution < -0.4 is 4.90 Å². The molecule has 0 aliphatic rings. The number of pyridine rings is 1. The van der Waals surface area contributed by atoms with E-state index in [-0.39, 0.29) is 6.61 Å². The molecule has 0 amide bonds. The first-order valence-corrected chi connectivity index (χ1v) is 6.42. The van der Waals surface area contributed by atoms with Crippen LogP contribution >= 0.6 is 11.3 Å². The Hall–Kier alpha value is -1.39. The number of thiophene rings is 1. The predicted octanol–water partition coefficient (Wildman–Crippen LogP) is 2.83. The summed E-state index contributed by atoms with van der Waals surface area (Å²) in [4.78, 5) is 7.80. The number of anilines is 1. The van der Waals surface area contributed by atoms with Crippen molar-refractivity contribution < 1.29 is 5.11 Å². The second-order valence-corrected chi connectivity index (χ2v) is 4.96. The van der Waals surface area contributed by atoms with Gasteiger partial charge in [0.15, 0.2) is 0 Å². The normalized spacial score (nSPS) is 12.4. The predicted molar refractivity (Wildman–Crippen MR) is 71.3 cm³/mol. The fraction of sp³-hybridized carbons (Fsp3) is 0.308. The number of rotatable bonds is 4. The number of nitrogens with zero attached hydrogens (tertiary/aromatic N) is 2. The van der Waals surface area contributed by atoms with Gasteiger partial charge in [0, 0.05) is 18.1 Å². The molecule has 0 radical (unpaired) electrons. The highest BCUT2D eigenvalue weighted by atomic mass is 32.1. The van der Waals surface area contributed by atoms with Gasteiger partial charge in [-0.2, -0.15) is 0 Å². The van der Waals surface area contributed by atoms with Gasteiger partial charge in [0.25, 0.3) is 0 Å². The van der Waals surface area contributed by atoms with Crippen LogP contribution in [-0.4, -0.2) is 17.1 Å². The van der Waals surface area contributed by atoms with E-state index in [9.17, 15) is 0 Å². The van der Waals surface area contributed by atoms with Crippen molar-refractivity contribution in [3.63, 3.8) is 0 Å². The Labute approximate surface area is 105 Å². The molecule has 1 N–H and O–H groups in total. The SMILES string of the molecule is CC(c1cccs1)N(C)c1ccc(CO)cn1. The highest BCUT2D eigenvalue weighted by Gasteiger charge is 2.13. The fourth-order valence-corrected chi connectivity index (χ4v) is 2.46. The monoisotopic (exact) mass is 248 g/mol. The molecule has 0 spiro atoms. The van der Waals surface area contributed by atoms with Gasteiger partial charge in [0.05, 0.1) is 12.6 Å². The molecule has 0 aliphatic carbocycles. The van der Waals surface area contributed by atoms with E-state index < -0.39 is 0 Å². The minimum atomic E-state index is 0.0392. The molecule has 1 atom stereocenters. The smallest absolute Gasteiger partial charge is 0.128 e. The van der Waals surface area contributed by atoms with Crippen LogP contribution in [0.15, 0.2) is 35.8 Å². The van der Waals surface area contributed by atoms with Crippen LogP contribution in [0.1, 0.15) is 23.4 Å². The zero-order valence-corrected chi connectivity index (χ0v) is 10.8. The Morgan fingerprint density at radius 1 is 1.41 bits per heavy atom. The summed E-state index contributed by atoms with van der Waals surface area (Å²) in [6.45, 7) is 2.20. The van der Waals surface area contributed by atoms with Crippen LogP contribution in [-0.2, 0) is 6.61 Å². The number of hydrogen-bond donors (Lipinski definition) is 1. The van der Waals surface area contributed by atoms with Gasteiger partial charge in [0.2, 0.25) is 0 Å². The minimum absolute atomic E-state index is 0.0392. The van der Waals surface area contributed by atoms with E-state index in [4.69, 9.17) is 5.11 Å². The van der Waals surface area contributed by atoms with Gasteiger partial charge in [-0.3, -0.25) is 0 Å². The zero-order valence-electron chi connectivity index (χ0n) is 10.00. The highest BCUT2D eigenvalue weighted by Crippen LogP contribution is 2.26. The fourth-order valence-electron chi connectivity index (χ4n) is 1.64. The van der Waals surface area contributed by atoms with Gasteiger partial charge in [-0.05, 0) is 30.0 Å². The van der Waals surface area contributed by atoms with Crippen molar-refractivity contribution in [3.8, 4) is 0 Å². The maximum absolute atomic E-state index is 8.97. The second-order valence-electron chi connectivity index (χ2n) is 3.99. The van der Waals surface area contributed by atoms with Crippen molar-refractivity contribution in [2.45, 2.75) is 19.6 Å². The van der Waals surface area contributed by atoms with E-state index in [0.29, 0.717) is 6.04 Å². The van der Waals surface area contributed by atoms with E-state index in [1.54, 1.807) is 17.5 Å². The molecular weight excluding hydrogens is 232 g/mol. The molecule has 1 unspecified atom stereocenters. The average molecular weight is 248 g/mol. The molecule has 2 heterocycles. The molecule has 0 saturated heterocycles. The lowest BCUT2D eigenvalue weighted by molar-refractivity contribution is 0.281. The maximum atomic E-state index is 8.97. The van der Waals surface area contributed by atoms with Gasteiger partial charge in [-0.25, -0.2) is 4.98 Å². The third-order valence-corrected chi connectivity index (χ3v) is 3.93. The summed E-state index contributed by atoms with van der Waals surface area (Å²) in [5.41, 5.74) is 0.839. The Bertz CT molecular complexity index is 453. The molecule has 0 aliphatic heterocycles. The molecule has 2 rings (SSSR count). The van der Waals surface area contributed by atoms with Crippen LogP contribution in [0.5, 0.6) is 0 Å². The van der Waals surface area contributed by atoms with Crippen molar-refractivity contribution in [1.29, 1.82) is 0 Å². The van der Waals surface area contributed by atoms with E-state index in [2.05, 4.69) is 34.3 Å². The summed E-state index contributed by atoms with van der Waals surface area (Å²) in [5.74, 6) is 0.920. The van der Waals surface area contributed by atoms with Crippen LogP contribution in [0.25, 0.3) is 0 Å². The standard InChI is InChI=1S/C13H16N2OS/c1-10(12-4-3-7-17-12)15(2)13-6-5-11(9-16)8-14-13/h3-8,10,16H,9H2,1-2H3. The van der Waals surface area contributed by atoms with Gasteiger partial charge in [-0.1, -0.05) is 12.1 Å². The number of aliphatic hydroxyl groups excluding tert-OH is 1. The lowest BCUT2D eigenvalue weighted by Crippen LogP contribution is -2.21. The molecule has 0 bridgehead atoms. The summed E-state index contributed by atoms with van der Waals surface area (Å²) in [7, 11) is 2.03. The summed E-state index contributed by atoms with van der Waals surface area (Å²) in [6, 6.07) is 8.35. The molecular formula is C13H16N2OS. The van der Waals surface area contributed by atoms with Crippen molar-refractivity contribution >= 4 is 17.2 Å². The molecule has 0 saturated carbocycles. The molecule has 0 aromatic carbocycles. The highest BCUT2D eigenvalue weighted by molar-refractivity contribution is 7.10. The first-order valence-electron chi connectivity index (χ1n) is 5.54. The first-order chi connectivity index (χ1) is 8.22. The average Bonchev–Trinajstić information content (AvgIpc) is 2.91. The lowest BCUT2D eigenvalue weighted by Gasteiger charge is -2.25. The number of aliphatic hydroxyl groups is 1. The van der Waals surface area contributed by atoms with Gasteiger partial charge < -0.3 is 10.0 Å². The molecule has 2 aromatic heterocycles. The van der Waals surface area contributed by atoms with E-state index in [0.717, 1.165) is 11.4 Å². The molecule has 17 heavy (non-hydrogen) atoms. The topological polar surface area (TPSA) is 36.4 Å². The summed E-state index contributed by atoms with van der Waals surface area (Å²) >= 11 is 1.75.